The van der Waals surface area contributed by atoms with E-state index in [2.05, 4.69) is 0 Å². The van der Waals surface area contributed by atoms with Gasteiger partial charge in [-0.2, -0.15) is 0 Å². The largest absolute Gasteiger partial charge is 0.502 e. The summed E-state index contributed by atoms with van der Waals surface area (Å²) < 4.78 is 39.8. The molecule has 7 atom stereocenters. The van der Waals surface area contributed by atoms with Gasteiger partial charge < -0.3 is 58.7 Å². The van der Waals surface area contributed by atoms with Crippen molar-refractivity contribution in [2.75, 3.05) is 35.0 Å². The van der Waals surface area contributed by atoms with Crippen LogP contribution in [0.1, 0.15) is 31.1 Å². The molecule has 1 heterocycles. The second-order valence-electron chi connectivity index (χ2n) is 9.11. The molecule has 0 spiro atoms. The van der Waals surface area contributed by atoms with Gasteiger partial charge in [0.1, 0.15) is 36.6 Å². The van der Waals surface area contributed by atoms with Gasteiger partial charge in [-0.1, -0.05) is 12.2 Å². The molecule has 5 N–H and O–H groups in total. The minimum absolute atomic E-state index is 0.0785. The van der Waals surface area contributed by atoms with Gasteiger partial charge in [0.2, 0.25) is 11.5 Å². The molecule has 2 aromatic rings. The topological polar surface area (TPSA) is 166 Å². The van der Waals surface area contributed by atoms with E-state index in [1.807, 2.05) is 19.1 Å². The molecular weight excluding hydrogens is 528 g/mol. The molecule has 0 saturated carbocycles. The first kappa shape index (κ1) is 31.3. The zero-order valence-corrected chi connectivity index (χ0v) is 23.3. The highest BCUT2D eigenvalue weighted by Gasteiger charge is 2.46. The highest BCUT2D eigenvalue weighted by atomic mass is 16.7. The van der Waals surface area contributed by atoms with Crippen molar-refractivity contribution in [2.45, 2.75) is 56.8 Å². The fraction of sp³-hybridized carbons (Fsp3) is 0.500. The van der Waals surface area contributed by atoms with Crippen LogP contribution in [0.4, 0.5) is 0 Å². The second kappa shape index (κ2) is 13.9. The number of phenols is 1. The molecule has 222 valence electrons. The van der Waals surface area contributed by atoms with E-state index in [-0.39, 0.29) is 23.0 Å². The maximum atomic E-state index is 10.7. The number of benzene rings is 2. The molecule has 1 aliphatic heterocycles. The molecule has 0 radical (unpaired) electrons. The summed E-state index contributed by atoms with van der Waals surface area (Å²) in [7, 11) is 5.72. The van der Waals surface area contributed by atoms with Gasteiger partial charge in [0.15, 0.2) is 29.3 Å². The van der Waals surface area contributed by atoms with Gasteiger partial charge >= 0.3 is 0 Å². The van der Waals surface area contributed by atoms with Crippen molar-refractivity contribution in [1.29, 1.82) is 0 Å². The molecule has 0 aliphatic carbocycles. The molecule has 3 rings (SSSR count). The standard InChI is InChI=1S/C28H38O12/c1-7-8-15-9-19(36-5)27(20(10-15)37-6)38-14(2)26(16-11-17(34-3)22(30)18(12-16)35-4)40-28-25(33)24(32)23(31)21(13-29)39-28/h7-12,14,21,23-26,28-33H,13H2,1-6H3/t14-,21-,23-,24+,25-,26-,28+/m1/s1. The van der Waals surface area contributed by atoms with E-state index in [4.69, 9.17) is 33.2 Å². The van der Waals surface area contributed by atoms with Gasteiger partial charge in [-0.25, -0.2) is 0 Å². The van der Waals surface area contributed by atoms with Crippen molar-refractivity contribution in [3.63, 3.8) is 0 Å². The Morgan fingerprint density at radius 2 is 1.40 bits per heavy atom. The van der Waals surface area contributed by atoms with Crippen LogP contribution in [0.2, 0.25) is 0 Å². The molecular formula is C28H38O12. The van der Waals surface area contributed by atoms with E-state index in [0.717, 1.165) is 5.56 Å². The van der Waals surface area contributed by atoms with Crippen LogP contribution in [0.15, 0.2) is 30.3 Å². The summed E-state index contributed by atoms with van der Waals surface area (Å²) in [5.74, 6) is 0.950. The molecule has 1 saturated heterocycles. The van der Waals surface area contributed by atoms with Crippen molar-refractivity contribution in [1.82, 2.24) is 0 Å². The lowest BCUT2D eigenvalue weighted by Crippen LogP contribution is -2.59. The Labute approximate surface area is 232 Å². The number of aliphatic hydroxyl groups is 4. The molecule has 1 aliphatic rings. The number of aliphatic hydroxyl groups excluding tert-OH is 4. The normalized spacial score (nSPS) is 24.4. The van der Waals surface area contributed by atoms with Gasteiger partial charge in [-0.3, -0.25) is 0 Å². The third kappa shape index (κ3) is 6.54. The summed E-state index contributed by atoms with van der Waals surface area (Å²) in [5.41, 5.74) is 1.21. The first-order valence-electron chi connectivity index (χ1n) is 12.6. The highest BCUT2D eigenvalue weighted by Crippen LogP contribution is 2.44. The minimum atomic E-state index is -1.67. The Hall–Kier alpha value is -3.26. The van der Waals surface area contributed by atoms with Crippen LogP contribution in [0.25, 0.3) is 6.08 Å². The van der Waals surface area contributed by atoms with E-state index >= 15 is 0 Å². The van der Waals surface area contributed by atoms with E-state index in [1.54, 1.807) is 19.1 Å². The lowest BCUT2D eigenvalue weighted by atomic mass is 9.98. The summed E-state index contributed by atoms with van der Waals surface area (Å²) in [5, 5.41) is 51.3. The summed E-state index contributed by atoms with van der Waals surface area (Å²) in [4.78, 5) is 0. The van der Waals surface area contributed by atoms with Crippen LogP contribution < -0.4 is 23.7 Å². The molecule has 2 aromatic carbocycles. The van der Waals surface area contributed by atoms with Crippen molar-refractivity contribution < 1.29 is 58.7 Å². The molecule has 12 heteroatoms. The van der Waals surface area contributed by atoms with Gasteiger partial charge in [0.05, 0.1) is 35.0 Å². The lowest BCUT2D eigenvalue weighted by molar-refractivity contribution is -0.317. The second-order valence-corrected chi connectivity index (χ2v) is 9.11. The summed E-state index contributed by atoms with van der Waals surface area (Å²) in [6.45, 7) is 2.93. The molecule has 0 unspecified atom stereocenters. The maximum Gasteiger partial charge on any atom is 0.203 e. The smallest absolute Gasteiger partial charge is 0.203 e. The van der Waals surface area contributed by atoms with Crippen LogP contribution in [0, 0.1) is 0 Å². The Morgan fingerprint density at radius 1 is 0.850 bits per heavy atom. The Balaban J connectivity index is 2.08. The number of rotatable bonds is 12. The number of phenolic OH excluding ortho intramolecular Hbond substituents is 1. The van der Waals surface area contributed by atoms with Gasteiger partial charge in [0, 0.05) is 0 Å². The van der Waals surface area contributed by atoms with Crippen molar-refractivity contribution in [3.8, 4) is 34.5 Å². The predicted molar refractivity (Wildman–Crippen MR) is 143 cm³/mol. The molecule has 1 fully saturated rings. The zero-order chi connectivity index (χ0) is 29.6. The van der Waals surface area contributed by atoms with Crippen molar-refractivity contribution in [3.05, 3.63) is 41.5 Å². The maximum absolute atomic E-state index is 10.7. The van der Waals surface area contributed by atoms with E-state index < -0.39 is 49.5 Å². The summed E-state index contributed by atoms with van der Waals surface area (Å²) in [6.07, 6.45) is -5.75. The molecule has 40 heavy (non-hydrogen) atoms. The van der Waals surface area contributed by atoms with E-state index in [9.17, 15) is 25.5 Å². The van der Waals surface area contributed by atoms with Gasteiger partial charge in [0.25, 0.3) is 0 Å². The lowest BCUT2D eigenvalue weighted by Gasteiger charge is -2.41. The monoisotopic (exact) mass is 566 g/mol. The number of allylic oxidation sites excluding steroid dienone is 1. The quantitative estimate of drug-likeness (QED) is 0.253. The van der Waals surface area contributed by atoms with Crippen molar-refractivity contribution in [2.24, 2.45) is 0 Å². The van der Waals surface area contributed by atoms with E-state index in [0.29, 0.717) is 17.1 Å². The fourth-order valence-corrected chi connectivity index (χ4v) is 4.42. The third-order valence-corrected chi connectivity index (χ3v) is 6.53. The zero-order valence-electron chi connectivity index (χ0n) is 23.3. The van der Waals surface area contributed by atoms with Crippen LogP contribution in [0.3, 0.4) is 0 Å². The van der Waals surface area contributed by atoms with Crippen LogP contribution in [-0.2, 0) is 9.47 Å². The molecule has 0 bridgehead atoms. The number of methoxy groups -OCH3 is 4. The number of aromatic hydroxyl groups is 1. The van der Waals surface area contributed by atoms with Gasteiger partial charge in [-0.15, -0.1) is 0 Å². The number of hydrogen-bond donors (Lipinski definition) is 5. The Kier molecular flexibility index (Phi) is 10.9. The first-order valence-corrected chi connectivity index (χ1v) is 12.6. The summed E-state index contributed by atoms with van der Waals surface area (Å²) in [6, 6.07) is 6.53. The molecule has 0 aromatic heterocycles. The number of ether oxygens (including phenoxy) is 7. The fourth-order valence-electron chi connectivity index (χ4n) is 4.42. The Bertz CT molecular complexity index is 1100. The van der Waals surface area contributed by atoms with Crippen LogP contribution in [-0.4, -0.2) is 97.4 Å². The first-order chi connectivity index (χ1) is 19.1. The van der Waals surface area contributed by atoms with Gasteiger partial charge in [-0.05, 0) is 49.2 Å². The minimum Gasteiger partial charge on any atom is -0.502 e. The predicted octanol–water partition coefficient (Wildman–Crippen LogP) is 1.78. The highest BCUT2D eigenvalue weighted by molar-refractivity contribution is 5.62. The van der Waals surface area contributed by atoms with Crippen LogP contribution >= 0.6 is 0 Å². The number of hydrogen-bond acceptors (Lipinski definition) is 12. The third-order valence-electron chi connectivity index (χ3n) is 6.53. The van der Waals surface area contributed by atoms with E-state index in [1.165, 1.54) is 40.6 Å². The van der Waals surface area contributed by atoms with Crippen molar-refractivity contribution >= 4 is 6.08 Å². The van der Waals surface area contributed by atoms with Crippen LogP contribution in [0.5, 0.6) is 34.5 Å². The summed E-state index contributed by atoms with van der Waals surface area (Å²) >= 11 is 0. The average Bonchev–Trinajstić information content (AvgIpc) is 2.96. The average molecular weight is 567 g/mol. The molecule has 12 nitrogen and oxygen atoms in total. The molecule has 0 amide bonds. The SMILES string of the molecule is CC=Cc1cc(OC)c(O[C@H](C)[C@@H](O[C@@H]2O[C@H](CO)[C@@H](O)[C@H](O)[C@H]2O)c2cc(OC)c(O)c(OC)c2)c(OC)c1. The Morgan fingerprint density at radius 3 is 1.88 bits per heavy atom.